The Bertz CT molecular complexity index is 737. The van der Waals surface area contributed by atoms with Crippen LogP contribution in [0.5, 0.6) is 0 Å². The van der Waals surface area contributed by atoms with Crippen LogP contribution in [0, 0.1) is 0 Å². The molecule has 21 heavy (non-hydrogen) atoms. The normalized spacial score (nSPS) is 11.1. The SMILES string of the molecule is CS(=O)(=O)c1ccc(NC(=O)Cc2ccc(Br)cc2)cc1. The van der Waals surface area contributed by atoms with Crippen LogP contribution in [-0.2, 0) is 21.1 Å². The fourth-order valence-electron chi connectivity index (χ4n) is 1.78. The minimum atomic E-state index is -3.22. The molecule has 1 amide bonds. The van der Waals surface area contributed by atoms with Crippen molar-refractivity contribution >= 4 is 37.4 Å². The number of halogens is 1. The zero-order valence-corrected chi connectivity index (χ0v) is 13.7. The maximum absolute atomic E-state index is 11.9. The molecule has 0 saturated heterocycles. The lowest BCUT2D eigenvalue weighted by Gasteiger charge is -2.06. The van der Waals surface area contributed by atoms with Crippen molar-refractivity contribution in [3.63, 3.8) is 0 Å². The molecule has 2 aromatic carbocycles. The molecule has 2 aromatic rings. The summed E-state index contributed by atoms with van der Waals surface area (Å²) in [6.07, 6.45) is 1.41. The monoisotopic (exact) mass is 367 g/mol. The summed E-state index contributed by atoms with van der Waals surface area (Å²) in [6.45, 7) is 0. The Morgan fingerprint density at radius 3 is 2.14 bits per heavy atom. The number of anilines is 1. The lowest BCUT2D eigenvalue weighted by atomic mass is 10.1. The molecular formula is C15H14BrNO3S. The van der Waals surface area contributed by atoms with Crippen molar-refractivity contribution in [2.45, 2.75) is 11.3 Å². The fourth-order valence-corrected chi connectivity index (χ4v) is 2.67. The van der Waals surface area contributed by atoms with Crippen molar-refractivity contribution in [2.24, 2.45) is 0 Å². The number of hydrogen-bond acceptors (Lipinski definition) is 3. The van der Waals surface area contributed by atoms with Crippen molar-refractivity contribution < 1.29 is 13.2 Å². The average molecular weight is 368 g/mol. The number of nitrogens with one attached hydrogen (secondary N) is 1. The summed E-state index contributed by atoms with van der Waals surface area (Å²) in [4.78, 5) is 12.1. The maximum atomic E-state index is 11.9. The third kappa shape index (κ3) is 4.68. The van der Waals surface area contributed by atoms with Gasteiger partial charge in [-0.25, -0.2) is 8.42 Å². The summed E-state index contributed by atoms with van der Waals surface area (Å²) in [5, 5.41) is 2.74. The smallest absolute Gasteiger partial charge is 0.228 e. The second-order valence-electron chi connectivity index (χ2n) is 4.65. The van der Waals surface area contributed by atoms with Crippen LogP contribution in [0.25, 0.3) is 0 Å². The Morgan fingerprint density at radius 1 is 1.05 bits per heavy atom. The number of hydrogen-bond donors (Lipinski definition) is 1. The lowest BCUT2D eigenvalue weighted by Crippen LogP contribution is -2.14. The van der Waals surface area contributed by atoms with Gasteiger partial charge in [-0.3, -0.25) is 4.79 Å². The molecular weight excluding hydrogens is 354 g/mol. The number of carbonyl (C=O) groups excluding carboxylic acids is 1. The van der Waals surface area contributed by atoms with E-state index in [1.54, 1.807) is 12.1 Å². The summed E-state index contributed by atoms with van der Waals surface area (Å²) in [5.41, 5.74) is 1.48. The predicted octanol–water partition coefficient (Wildman–Crippen LogP) is 3.03. The van der Waals surface area contributed by atoms with E-state index in [9.17, 15) is 13.2 Å². The van der Waals surface area contributed by atoms with E-state index in [1.807, 2.05) is 24.3 Å². The van der Waals surface area contributed by atoms with Crippen molar-refractivity contribution in [1.82, 2.24) is 0 Å². The van der Waals surface area contributed by atoms with Crippen LogP contribution in [0.4, 0.5) is 5.69 Å². The van der Waals surface area contributed by atoms with Crippen LogP contribution in [-0.4, -0.2) is 20.6 Å². The fraction of sp³-hybridized carbons (Fsp3) is 0.133. The Kier molecular flexibility index (Phi) is 4.80. The van der Waals surface area contributed by atoms with Crippen LogP contribution in [0.1, 0.15) is 5.56 Å². The third-order valence-electron chi connectivity index (χ3n) is 2.84. The first-order chi connectivity index (χ1) is 9.84. The molecule has 0 aliphatic carbocycles. The van der Waals surface area contributed by atoms with Gasteiger partial charge in [-0.15, -0.1) is 0 Å². The highest BCUT2D eigenvalue weighted by Crippen LogP contribution is 2.15. The van der Waals surface area contributed by atoms with Gasteiger partial charge in [0.05, 0.1) is 11.3 Å². The molecule has 4 nitrogen and oxygen atoms in total. The van der Waals surface area contributed by atoms with Crippen LogP contribution < -0.4 is 5.32 Å². The third-order valence-corrected chi connectivity index (χ3v) is 4.50. The van der Waals surface area contributed by atoms with E-state index in [1.165, 1.54) is 12.1 Å². The molecule has 6 heteroatoms. The first-order valence-corrected chi connectivity index (χ1v) is 8.87. The first kappa shape index (κ1) is 15.7. The van der Waals surface area contributed by atoms with E-state index < -0.39 is 9.84 Å². The first-order valence-electron chi connectivity index (χ1n) is 6.19. The Morgan fingerprint density at radius 2 is 1.62 bits per heavy atom. The van der Waals surface area contributed by atoms with Gasteiger partial charge in [0.1, 0.15) is 0 Å². The van der Waals surface area contributed by atoms with Gasteiger partial charge in [-0.2, -0.15) is 0 Å². The van der Waals surface area contributed by atoms with E-state index in [-0.39, 0.29) is 17.2 Å². The van der Waals surface area contributed by atoms with Crippen LogP contribution in [0.3, 0.4) is 0 Å². The van der Waals surface area contributed by atoms with Crippen LogP contribution >= 0.6 is 15.9 Å². The van der Waals surface area contributed by atoms with Gasteiger partial charge >= 0.3 is 0 Å². The van der Waals surface area contributed by atoms with E-state index in [4.69, 9.17) is 0 Å². The number of carbonyl (C=O) groups is 1. The molecule has 0 atom stereocenters. The molecule has 1 N–H and O–H groups in total. The van der Waals surface area contributed by atoms with Crippen molar-refractivity contribution in [1.29, 1.82) is 0 Å². The molecule has 0 fully saturated rings. The van der Waals surface area contributed by atoms with Gasteiger partial charge < -0.3 is 5.32 Å². The minimum absolute atomic E-state index is 0.149. The number of sulfone groups is 1. The van der Waals surface area contributed by atoms with E-state index in [2.05, 4.69) is 21.2 Å². The molecule has 0 radical (unpaired) electrons. The van der Waals surface area contributed by atoms with Gasteiger partial charge in [0.15, 0.2) is 9.84 Å². The number of rotatable bonds is 4. The standard InChI is InChI=1S/C15H14BrNO3S/c1-21(19,20)14-8-6-13(7-9-14)17-15(18)10-11-2-4-12(16)5-3-11/h2-9H,10H2,1H3,(H,17,18). The van der Waals surface area contributed by atoms with Gasteiger partial charge in [0.2, 0.25) is 5.91 Å². The Hall–Kier alpha value is -1.66. The van der Waals surface area contributed by atoms with Crippen molar-refractivity contribution in [3.05, 3.63) is 58.6 Å². The van der Waals surface area contributed by atoms with Crippen LogP contribution in [0.2, 0.25) is 0 Å². The highest BCUT2D eigenvalue weighted by Gasteiger charge is 2.08. The summed E-state index contributed by atoms with van der Waals surface area (Å²) >= 11 is 3.34. The molecule has 0 bridgehead atoms. The quantitative estimate of drug-likeness (QED) is 0.902. The van der Waals surface area contributed by atoms with Gasteiger partial charge in [0.25, 0.3) is 0 Å². The second kappa shape index (κ2) is 6.41. The number of amides is 1. The molecule has 0 heterocycles. The molecule has 0 saturated carbocycles. The molecule has 110 valence electrons. The van der Waals surface area contributed by atoms with Gasteiger partial charge in [-0.05, 0) is 42.0 Å². The molecule has 0 aliphatic rings. The van der Waals surface area contributed by atoms with E-state index >= 15 is 0 Å². The molecule has 0 aromatic heterocycles. The zero-order chi connectivity index (χ0) is 15.5. The molecule has 0 spiro atoms. The zero-order valence-electron chi connectivity index (χ0n) is 11.3. The second-order valence-corrected chi connectivity index (χ2v) is 7.58. The topological polar surface area (TPSA) is 63.2 Å². The largest absolute Gasteiger partial charge is 0.326 e. The summed E-state index contributed by atoms with van der Waals surface area (Å²) < 4.78 is 23.6. The van der Waals surface area contributed by atoms with E-state index in [0.29, 0.717) is 5.69 Å². The predicted molar refractivity (Wildman–Crippen MR) is 86.0 cm³/mol. The Labute approximate surface area is 132 Å². The van der Waals surface area contributed by atoms with Gasteiger partial charge in [-0.1, -0.05) is 28.1 Å². The summed E-state index contributed by atoms with van der Waals surface area (Å²) in [5.74, 6) is -0.149. The Balaban J connectivity index is 2.01. The molecule has 2 rings (SSSR count). The summed E-state index contributed by atoms with van der Waals surface area (Å²) in [6, 6.07) is 13.6. The molecule has 0 aliphatic heterocycles. The summed E-state index contributed by atoms with van der Waals surface area (Å²) in [7, 11) is -3.22. The van der Waals surface area contributed by atoms with E-state index in [0.717, 1.165) is 16.3 Å². The lowest BCUT2D eigenvalue weighted by molar-refractivity contribution is -0.115. The maximum Gasteiger partial charge on any atom is 0.228 e. The highest BCUT2D eigenvalue weighted by molar-refractivity contribution is 9.10. The average Bonchev–Trinajstić information content (AvgIpc) is 2.41. The van der Waals surface area contributed by atoms with Crippen molar-refractivity contribution in [3.8, 4) is 0 Å². The number of benzene rings is 2. The van der Waals surface area contributed by atoms with Gasteiger partial charge in [0, 0.05) is 16.4 Å². The highest BCUT2D eigenvalue weighted by atomic mass is 79.9. The minimum Gasteiger partial charge on any atom is -0.326 e. The van der Waals surface area contributed by atoms with Crippen LogP contribution in [0.15, 0.2) is 57.9 Å². The molecule has 0 unspecified atom stereocenters. The van der Waals surface area contributed by atoms with Crippen molar-refractivity contribution in [2.75, 3.05) is 11.6 Å².